The van der Waals surface area contributed by atoms with Crippen LogP contribution in [0.25, 0.3) is 0 Å². The average molecular weight is 284 g/mol. The van der Waals surface area contributed by atoms with E-state index in [0.717, 1.165) is 38.5 Å². The van der Waals surface area contributed by atoms with Crippen molar-refractivity contribution in [2.24, 2.45) is 17.1 Å². The van der Waals surface area contributed by atoms with E-state index in [4.69, 9.17) is 5.73 Å². The van der Waals surface area contributed by atoms with E-state index in [1.807, 2.05) is 0 Å². The highest BCUT2D eigenvalue weighted by Crippen LogP contribution is 2.34. The molecule has 0 spiro atoms. The summed E-state index contributed by atoms with van der Waals surface area (Å²) in [6, 6.07) is 0. The van der Waals surface area contributed by atoms with Gasteiger partial charge in [0.15, 0.2) is 0 Å². The Balaban J connectivity index is 2.54. The summed E-state index contributed by atoms with van der Waals surface area (Å²) < 4.78 is 0. The number of nitrogens with two attached hydrogens (primary N) is 1. The van der Waals surface area contributed by atoms with Crippen LogP contribution in [0.1, 0.15) is 65.2 Å². The van der Waals surface area contributed by atoms with E-state index in [9.17, 15) is 9.90 Å². The number of hydrogen-bond acceptors (Lipinski definition) is 3. The zero-order chi connectivity index (χ0) is 15.0. The molecule has 0 saturated heterocycles. The molecule has 118 valence electrons. The van der Waals surface area contributed by atoms with Gasteiger partial charge in [0.2, 0.25) is 5.91 Å². The molecule has 0 radical (unpaired) electrons. The van der Waals surface area contributed by atoms with Gasteiger partial charge >= 0.3 is 0 Å². The third kappa shape index (κ3) is 4.45. The van der Waals surface area contributed by atoms with Gasteiger partial charge in [-0.25, -0.2) is 0 Å². The third-order valence-electron chi connectivity index (χ3n) is 5.00. The van der Waals surface area contributed by atoms with Crippen molar-refractivity contribution in [3.63, 3.8) is 0 Å². The highest BCUT2D eigenvalue weighted by molar-refractivity contribution is 5.82. The molecule has 1 fully saturated rings. The monoisotopic (exact) mass is 284 g/mol. The Labute approximate surface area is 123 Å². The summed E-state index contributed by atoms with van der Waals surface area (Å²) in [5.41, 5.74) is 5.51. The minimum Gasteiger partial charge on any atom is -0.391 e. The van der Waals surface area contributed by atoms with Crippen molar-refractivity contribution in [3.8, 4) is 0 Å². The van der Waals surface area contributed by atoms with Gasteiger partial charge < -0.3 is 16.2 Å². The second-order valence-electron chi connectivity index (χ2n) is 6.25. The number of carbonyl (C=O) groups is 1. The van der Waals surface area contributed by atoms with Crippen LogP contribution in [-0.2, 0) is 4.79 Å². The third-order valence-corrected chi connectivity index (χ3v) is 5.00. The molecule has 1 rings (SSSR count). The van der Waals surface area contributed by atoms with Gasteiger partial charge in [-0.15, -0.1) is 0 Å². The summed E-state index contributed by atoms with van der Waals surface area (Å²) >= 11 is 0. The molecule has 0 aromatic rings. The molecule has 1 saturated carbocycles. The molecular formula is C16H32N2O2. The van der Waals surface area contributed by atoms with E-state index in [-0.39, 0.29) is 11.8 Å². The number of aliphatic hydroxyl groups is 1. The Hall–Kier alpha value is -0.610. The maximum absolute atomic E-state index is 12.5. The number of aliphatic hydroxyl groups excluding tert-OH is 1. The van der Waals surface area contributed by atoms with Crippen LogP contribution in [0.5, 0.6) is 0 Å². The number of carbonyl (C=O) groups excluding carboxylic acids is 1. The minimum absolute atomic E-state index is 0.0481. The maximum Gasteiger partial charge on any atom is 0.227 e. The van der Waals surface area contributed by atoms with Crippen LogP contribution in [0.2, 0.25) is 0 Å². The van der Waals surface area contributed by atoms with E-state index < -0.39 is 11.5 Å². The van der Waals surface area contributed by atoms with E-state index in [2.05, 4.69) is 19.2 Å². The highest BCUT2D eigenvalue weighted by atomic mass is 16.3. The molecular weight excluding hydrogens is 252 g/mol. The molecule has 0 aromatic carbocycles. The van der Waals surface area contributed by atoms with Crippen molar-refractivity contribution < 1.29 is 9.90 Å². The Kier molecular flexibility index (Phi) is 7.52. The Morgan fingerprint density at radius 2 is 1.75 bits per heavy atom. The van der Waals surface area contributed by atoms with Gasteiger partial charge in [0.25, 0.3) is 0 Å². The van der Waals surface area contributed by atoms with Gasteiger partial charge in [-0.3, -0.25) is 4.79 Å². The van der Waals surface area contributed by atoms with Crippen LogP contribution < -0.4 is 11.1 Å². The second-order valence-corrected chi connectivity index (χ2v) is 6.25. The predicted octanol–water partition coefficient (Wildman–Crippen LogP) is 2.20. The Morgan fingerprint density at radius 3 is 2.20 bits per heavy atom. The molecule has 1 unspecified atom stereocenters. The first-order valence-corrected chi connectivity index (χ1v) is 8.26. The highest BCUT2D eigenvalue weighted by Gasteiger charge is 2.37. The van der Waals surface area contributed by atoms with Gasteiger partial charge in [-0.2, -0.15) is 0 Å². The normalized spacial score (nSPS) is 20.4. The second kappa shape index (κ2) is 8.63. The molecule has 0 heterocycles. The lowest BCUT2D eigenvalue weighted by molar-refractivity contribution is -0.132. The molecule has 1 atom stereocenters. The summed E-state index contributed by atoms with van der Waals surface area (Å²) in [5.74, 6) is 0.310. The van der Waals surface area contributed by atoms with Gasteiger partial charge in [-0.1, -0.05) is 52.4 Å². The molecule has 1 amide bonds. The SMILES string of the molecule is CCC(CC)C(O)CNC(=O)C1(CN)CCCCCC1. The summed E-state index contributed by atoms with van der Waals surface area (Å²) in [5, 5.41) is 13.1. The minimum atomic E-state index is -0.449. The van der Waals surface area contributed by atoms with Crippen LogP contribution in [0, 0.1) is 11.3 Å². The molecule has 1 aliphatic carbocycles. The fraction of sp³-hybridized carbons (Fsp3) is 0.938. The fourth-order valence-electron chi connectivity index (χ4n) is 3.31. The predicted molar refractivity (Wildman–Crippen MR) is 82.3 cm³/mol. The first-order chi connectivity index (χ1) is 9.59. The first-order valence-electron chi connectivity index (χ1n) is 8.26. The topological polar surface area (TPSA) is 75.3 Å². The summed E-state index contributed by atoms with van der Waals surface area (Å²) in [4.78, 5) is 12.5. The number of amides is 1. The van der Waals surface area contributed by atoms with Crippen molar-refractivity contribution in [2.75, 3.05) is 13.1 Å². The zero-order valence-corrected chi connectivity index (χ0v) is 13.2. The summed E-state index contributed by atoms with van der Waals surface area (Å²) in [6.45, 7) is 4.92. The lowest BCUT2D eigenvalue weighted by Gasteiger charge is -2.31. The number of rotatable bonds is 7. The summed E-state index contributed by atoms with van der Waals surface area (Å²) in [7, 11) is 0. The van der Waals surface area contributed by atoms with Crippen LogP contribution in [0.4, 0.5) is 0 Å². The van der Waals surface area contributed by atoms with Crippen LogP contribution in [-0.4, -0.2) is 30.2 Å². The first kappa shape index (κ1) is 17.4. The van der Waals surface area contributed by atoms with Crippen molar-refractivity contribution in [2.45, 2.75) is 71.3 Å². The van der Waals surface area contributed by atoms with E-state index in [1.54, 1.807) is 0 Å². The molecule has 4 nitrogen and oxygen atoms in total. The van der Waals surface area contributed by atoms with E-state index in [1.165, 1.54) is 12.8 Å². The number of hydrogen-bond donors (Lipinski definition) is 3. The summed E-state index contributed by atoms with van der Waals surface area (Å²) in [6.07, 6.45) is 7.77. The van der Waals surface area contributed by atoms with Gasteiger partial charge in [0.1, 0.15) is 0 Å². The van der Waals surface area contributed by atoms with Crippen LogP contribution in [0.3, 0.4) is 0 Å². The zero-order valence-electron chi connectivity index (χ0n) is 13.2. The largest absolute Gasteiger partial charge is 0.391 e. The molecule has 4 N–H and O–H groups in total. The molecule has 0 bridgehead atoms. The van der Waals surface area contributed by atoms with Crippen LogP contribution in [0.15, 0.2) is 0 Å². The smallest absolute Gasteiger partial charge is 0.227 e. The van der Waals surface area contributed by atoms with Crippen molar-refractivity contribution >= 4 is 5.91 Å². The van der Waals surface area contributed by atoms with Crippen molar-refractivity contribution in [1.29, 1.82) is 0 Å². The van der Waals surface area contributed by atoms with Crippen LogP contribution >= 0.6 is 0 Å². The Morgan fingerprint density at radius 1 is 1.20 bits per heavy atom. The van der Waals surface area contributed by atoms with Gasteiger partial charge in [0.05, 0.1) is 11.5 Å². The van der Waals surface area contributed by atoms with Gasteiger partial charge in [0, 0.05) is 13.1 Å². The molecule has 1 aliphatic rings. The van der Waals surface area contributed by atoms with Crippen molar-refractivity contribution in [3.05, 3.63) is 0 Å². The maximum atomic E-state index is 12.5. The fourth-order valence-corrected chi connectivity index (χ4v) is 3.31. The van der Waals surface area contributed by atoms with E-state index >= 15 is 0 Å². The molecule has 0 aromatic heterocycles. The van der Waals surface area contributed by atoms with E-state index in [0.29, 0.717) is 13.1 Å². The molecule has 20 heavy (non-hydrogen) atoms. The molecule has 0 aliphatic heterocycles. The molecule has 4 heteroatoms. The standard InChI is InChI=1S/C16H32N2O2/c1-3-13(4-2)14(19)11-18-15(20)16(12-17)9-7-5-6-8-10-16/h13-14,19H,3-12,17H2,1-2H3,(H,18,20). The lowest BCUT2D eigenvalue weighted by atomic mass is 9.79. The number of nitrogens with one attached hydrogen (secondary N) is 1. The Bertz CT molecular complexity index is 282. The van der Waals surface area contributed by atoms with Crippen molar-refractivity contribution in [1.82, 2.24) is 5.32 Å². The van der Waals surface area contributed by atoms with Gasteiger partial charge in [-0.05, 0) is 18.8 Å². The quantitative estimate of drug-likeness (QED) is 0.627. The average Bonchev–Trinajstić information content (AvgIpc) is 2.72. The lowest BCUT2D eigenvalue weighted by Crippen LogP contribution is -2.48.